The van der Waals surface area contributed by atoms with Gasteiger partial charge in [-0.3, -0.25) is 10.1 Å². The number of rotatable bonds is 16. The molecule has 40 heavy (non-hydrogen) atoms. The van der Waals surface area contributed by atoms with Crippen LogP contribution in [0.15, 0.2) is 36.4 Å². The number of anilines is 1. The van der Waals surface area contributed by atoms with E-state index in [1.165, 1.54) is 57.8 Å². The van der Waals surface area contributed by atoms with E-state index in [9.17, 15) is 9.59 Å². The van der Waals surface area contributed by atoms with Crippen molar-refractivity contribution in [3.05, 3.63) is 53.1 Å². The second-order valence-electron chi connectivity index (χ2n) is 11.5. The monoisotopic (exact) mass is 549 g/mol. The van der Waals surface area contributed by atoms with Crippen LogP contribution >= 0.6 is 0 Å². The second-order valence-corrected chi connectivity index (χ2v) is 11.5. The highest BCUT2D eigenvalue weighted by Gasteiger charge is 2.23. The molecule has 0 aliphatic carbocycles. The van der Waals surface area contributed by atoms with E-state index in [4.69, 9.17) is 9.47 Å². The fraction of sp³-hybridized carbons (Fsp3) is 0.545. The number of nitrogens with one attached hydrogen (secondary N) is 2. The van der Waals surface area contributed by atoms with Crippen molar-refractivity contribution in [1.82, 2.24) is 9.97 Å². The lowest BCUT2D eigenvalue weighted by atomic mass is 9.85. The maximum absolute atomic E-state index is 13.2. The zero-order valence-corrected chi connectivity index (χ0v) is 25.0. The molecule has 0 saturated heterocycles. The number of hydrogen-bond donors (Lipinski definition) is 2. The third kappa shape index (κ3) is 9.39. The molecule has 0 fully saturated rings. The van der Waals surface area contributed by atoms with E-state index >= 15 is 0 Å². The summed E-state index contributed by atoms with van der Waals surface area (Å²) in [6, 6.07) is 11.0. The van der Waals surface area contributed by atoms with Crippen LogP contribution in [-0.4, -0.2) is 35.1 Å². The molecule has 0 aliphatic heterocycles. The zero-order valence-electron chi connectivity index (χ0n) is 25.0. The highest BCUT2D eigenvalue weighted by Crippen LogP contribution is 2.26. The van der Waals surface area contributed by atoms with E-state index in [0.29, 0.717) is 18.1 Å². The van der Waals surface area contributed by atoms with Crippen molar-refractivity contribution in [2.24, 2.45) is 0 Å². The summed E-state index contributed by atoms with van der Waals surface area (Å²) in [7, 11) is 0. The number of benzene rings is 2. The van der Waals surface area contributed by atoms with Crippen LogP contribution in [0.5, 0.6) is 5.75 Å². The fourth-order valence-corrected chi connectivity index (χ4v) is 4.68. The van der Waals surface area contributed by atoms with E-state index < -0.39 is 11.9 Å². The molecular weight excluding hydrogens is 502 g/mol. The largest absolute Gasteiger partial charge is 0.494 e. The van der Waals surface area contributed by atoms with Crippen LogP contribution in [0.4, 0.5) is 5.95 Å². The molecule has 0 unspecified atom stereocenters. The standard InChI is InChI=1S/C33H47N3O4/c1-6-8-9-10-11-12-13-14-15-16-21-40-25-18-20-28-29(23-25)35-32(34-28)36-30(37)26-19-17-24(33(3,4)5)22-27(26)31(38)39-7-2/h17-20,22-23H,6-16,21H2,1-5H3,(H2,34,35,36,37). The Hall–Kier alpha value is -3.35. The van der Waals surface area contributed by atoms with Gasteiger partial charge in [0.2, 0.25) is 5.95 Å². The van der Waals surface area contributed by atoms with Gasteiger partial charge in [-0.25, -0.2) is 9.78 Å². The first kappa shape index (κ1) is 31.2. The van der Waals surface area contributed by atoms with Gasteiger partial charge in [0.1, 0.15) is 5.75 Å². The van der Waals surface area contributed by atoms with Crippen molar-refractivity contribution in [2.45, 2.75) is 104 Å². The molecule has 2 N–H and O–H groups in total. The SMILES string of the molecule is CCCCCCCCCCCCOc1ccc2[nH]c(NC(=O)c3ccc(C(C)(C)C)cc3C(=O)OCC)nc2c1. The van der Waals surface area contributed by atoms with Gasteiger partial charge in [0.05, 0.1) is 35.4 Å². The average molecular weight is 550 g/mol. The predicted octanol–water partition coefficient (Wildman–Crippen LogP) is 8.59. The second kappa shape index (κ2) is 15.4. The van der Waals surface area contributed by atoms with Crippen molar-refractivity contribution in [2.75, 3.05) is 18.5 Å². The number of nitrogens with zero attached hydrogens (tertiary/aromatic N) is 1. The molecule has 0 bridgehead atoms. The Morgan fingerprint density at radius 3 is 2.17 bits per heavy atom. The van der Waals surface area contributed by atoms with Gasteiger partial charge in [0.15, 0.2) is 0 Å². The Morgan fingerprint density at radius 2 is 1.52 bits per heavy atom. The van der Waals surface area contributed by atoms with Crippen molar-refractivity contribution in [3.63, 3.8) is 0 Å². The molecule has 7 nitrogen and oxygen atoms in total. The summed E-state index contributed by atoms with van der Waals surface area (Å²) in [5.74, 6) is 0.115. The molecule has 2 aromatic carbocycles. The molecule has 1 amide bonds. The van der Waals surface area contributed by atoms with Gasteiger partial charge in [-0.2, -0.15) is 0 Å². The number of carbonyl (C=O) groups excluding carboxylic acids is 2. The number of aromatic amines is 1. The van der Waals surface area contributed by atoms with Crippen molar-refractivity contribution < 1.29 is 19.1 Å². The van der Waals surface area contributed by atoms with Crippen LogP contribution in [0.25, 0.3) is 11.0 Å². The molecule has 0 aliphatic rings. The number of aromatic nitrogens is 2. The maximum Gasteiger partial charge on any atom is 0.338 e. The summed E-state index contributed by atoms with van der Waals surface area (Å²) in [4.78, 5) is 33.5. The normalized spacial score (nSPS) is 11.5. The topological polar surface area (TPSA) is 93.3 Å². The van der Waals surface area contributed by atoms with Crippen molar-refractivity contribution in [1.29, 1.82) is 0 Å². The third-order valence-electron chi connectivity index (χ3n) is 7.08. The Balaban J connectivity index is 1.54. The number of hydrogen-bond acceptors (Lipinski definition) is 5. The summed E-state index contributed by atoms with van der Waals surface area (Å²) < 4.78 is 11.2. The Morgan fingerprint density at radius 1 is 0.850 bits per heavy atom. The molecule has 0 atom stereocenters. The van der Waals surface area contributed by atoms with Gasteiger partial charge in [0.25, 0.3) is 5.91 Å². The summed E-state index contributed by atoms with van der Waals surface area (Å²) in [6.45, 7) is 11.1. The first-order valence-corrected chi connectivity index (χ1v) is 15.0. The molecule has 0 spiro atoms. The smallest absolute Gasteiger partial charge is 0.338 e. The van der Waals surface area contributed by atoms with Crippen LogP contribution in [0.1, 0.15) is 125 Å². The Kier molecular flexibility index (Phi) is 12.0. The Bertz CT molecular complexity index is 1240. The first-order chi connectivity index (χ1) is 19.2. The number of esters is 1. The van der Waals surface area contributed by atoms with Gasteiger partial charge in [0, 0.05) is 6.07 Å². The van der Waals surface area contributed by atoms with E-state index in [1.807, 2.05) is 24.3 Å². The van der Waals surface area contributed by atoms with Gasteiger partial charge in [-0.15, -0.1) is 0 Å². The highest BCUT2D eigenvalue weighted by molar-refractivity contribution is 6.11. The summed E-state index contributed by atoms with van der Waals surface area (Å²) in [5, 5.41) is 2.80. The molecular formula is C33H47N3O4. The summed E-state index contributed by atoms with van der Waals surface area (Å²) >= 11 is 0. The van der Waals surface area contributed by atoms with Crippen LogP contribution in [0.3, 0.4) is 0 Å². The first-order valence-electron chi connectivity index (χ1n) is 15.0. The van der Waals surface area contributed by atoms with Crippen LogP contribution in [-0.2, 0) is 10.2 Å². The number of fused-ring (bicyclic) bond motifs is 1. The molecule has 7 heteroatoms. The van der Waals surface area contributed by atoms with Gasteiger partial charge >= 0.3 is 5.97 Å². The van der Waals surface area contributed by atoms with Crippen molar-refractivity contribution >= 4 is 28.9 Å². The number of amides is 1. The van der Waals surface area contributed by atoms with E-state index in [-0.39, 0.29) is 23.1 Å². The van der Waals surface area contributed by atoms with Crippen LogP contribution in [0.2, 0.25) is 0 Å². The van der Waals surface area contributed by atoms with Crippen LogP contribution in [0, 0.1) is 0 Å². The average Bonchev–Trinajstić information content (AvgIpc) is 3.32. The lowest BCUT2D eigenvalue weighted by Crippen LogP contribution is -2.20. The van der Waals surface area contributed by atoms with Crippen LogP contribution < -0.4 is 10.1 Å². The number of H-pyrrole nitrogens is 1. The molecule has 0 radical (unpaired) electrons. The minimum Gasteiger partial charge on any atom is -0.494 e. The highest BCUT2D eigenvalue weighted by atomic mass is 16.5. The molecule has 1 aromatic heterocycles. The summed E-state index contributed by atoms with van der Waals surface area (Å²) in [5.41, 5.74) is 2.74. The predicted molar refractivity (Wildman–Crippen MR) is 162 cm³/mol. The number of imidazole rings is 1. The number of unbranched alkanes of at least 4 members (excludes halogenated alkanes) is 9. The van der Waals surface area contributed by atoms with Gasteiger partial charge in [-0.05, 0) is 48.6 Å². The quantitative estimate of drug-likeness (QED) is 0.138. The maximum atomic E-state index is 13.2. The molecule has 3 aromatic rings. The molecule has 1 heterocycles. The third-order valence-corrected chi connectivity index (χ3v) is 7.08. The zero-order chi connectivity index (χ0) is 29.0. The fourth-order valence-electron chi connectivity index (χ4n) is 4.68. The minimum atomic E-state index is -0.521. The van der Waals surface area contributed by atoms with Gasteiger partial charge < -0.3 is 14.5 Å². The number of ether oxygens (including phenoxy) is 2. The molecule has 0 saturated carbocycles. The molecule has 218 valence electrons. The Labute approximate surface area is 239 Å². The lowest BCUT2D eigenvalue weighted by Gasteiger charge is -2.20. The minimum absolute atomic E-state index is 0.178. The van der Waals surface area contributed by atoms with E-state index in [1.54, 1.807) is 19.1 Å². The molecule has 3 rings (SSSR count). The van der Waals surface area contributed by atoms with Gasteiger partial charge in [-0.1, -0.05) is 91.5 Å². The lowest BCUT2D eigenvalue weighted by molar-refractivity contribution is 0.0523. The summed E-state index contributed by atoms with van der Waals surface area (Å²) in [6.07, 6.45) is 12.9. The van der Waals surface area contributed by atoms with Crippen molar-refractivity contribution in [3.8, 4) is 5.75 Å². The van der Waals surface area contributed by atoms with E-state index in [0.717, 1.165) is 23.3 Å². The number of carbonyl (C=O) groups is 2. The van der Waals surface area contributed by atoms with E-state index in [2.05, 4.69) is 43.0 Å².